The molecule has 5 aromatic rings. The minimum atomic E-state index is -0.377. The fourth-order valence-corrected chi connectivity index (χ4v) is 3.72. The SMILES string of the molecule is O=C(NCc1ccccc1F)c1ccc2ncc3c(=O)n(-c4ccc(Cl)cc4)[nH]c3c2c1. The second-order valence-corrected chi connectivity index (χ2v) is 7.72. The highest BCUT2D eigenvalue weighted by molar-refractivity contribution is 6.30. The van der Waals surface area contributed by atoms with Crippen molar-refractivity contribution in [3.8, 4) is 5.69 Å². The monoisotopic (exact) mass is 446 g/mol. The first-order chi connectivity index (χ1) is 15.5. The van der Waals surface area contributed by atoms with Gasteiger partial charge in [-0.15, -0.1) is 0 Å². The van der Waals surface area contributed by atoms with Crippen LogP contribution in [0, 0.1) is 5.82 Å². The molecular weight excluding hydrogens is 431 g/mol. The Morgan fingerprint density at radius 2 is 1.84 bits per heavy atom. The number of pyridine rings is 1. The minimum absolute atomic E-state index is 0.0652. The zero-order valence-corrected chi connectivity index (χ0v) is 17.4. The van der Waals surface area contributed by atoms with Crippen LogP contribution in [0.25, 0.3) is 27.5 Å². The highest BCUT2D eigenvalue weighted by Crippen LogP contribution is 2.23. The summed E-state index contributed by atoms with van der Waals surface area (Å²) < 4.78 is 15.2. The molecule has 0 unspecified atom stereocenters. The van der Waals surface area contributed by atoms with E-state index in [4.69, 9.17) is 11.6 Å². The molecule has 0 aliphatic rings. The van der Waals surface area contributed by atoms with Crippen LogP contribution in [0.4, 0.5) is 4.39 Å². The van der Waals surface area contributed by atoms with E-state index in [1.54, 1.807) is 60.7 Å². The van der Waals surface area contributed by atoms with Gasteiger partial charge in [-0.3, -0.25) is 19.7 Å². The summed E-state index contributed by atoms with van der Waals surface area (Å²) in [6.07, 6.45) is 1.51. The standard InChI is InChI=1S/C24H16ClFN4O2/c25-16-6-8-17(9-7-16)30-24(32)19-13-27-21-10-5-14(11-18(21)22(19)29-30)23(31)28-12-15-3-1-2-4-20(15)26/h1-11,13,29H,12H2,(H,28,31). The molecule has 2 aromatic heterocycles. The van der Waals surface area contributed by atoms with Gasteiger partial charge in [0.1, 0.15) is 5.82 Å². The van der Waals surface area contributed by atoms with Gasteiger partial charge in [0.15, 0.2) is 0 Å². The van der Waals surface area contributed by atoms with Gasteiger partial charge in [-0.25, -0.2) is 9.07 Å². The Morgan fingerprint density at radius 3 is 2.62 bits per heavy atom. The fourth-order valence-electron chi connectivity index (χ4n) is 3.59. The first-order valence-electron chi connectivity index (χ1n) is 9.82. The van der Waals surface area contributed by atoms with Gasteiger partial charge in [-0.2, -0.15) is 0 Å². The Hall–Kier alpha value is -3.97. The third kappa shape index (κ3) is 3.52. The number of nitrogens with zero attached hydrogens (tertiary/aromatic N) is 2. The zero-order valence-electron chi connectivity index (χ0n) is 16.6. The molecule has 0 saturated heterocycles. The van der Waals surface area contributed by atoms with E-state index < -0.39 is 0 Å². The van der Waals surface area contributed by atoms with Crippen molar-refractivity contribution in [3.05, 3.63) is 105 Å². The molecule has 1 amide bonds. The van der Waals surface area contributed by atoms with E-state index in [0.29, 0.717) is 43.6 Å². The fraction of sp³-hybridized carbons (Fsp3) is 0.0417. The first-order valence-corrected chi connectivity index (χ1v) is 10.2. The zero-order chi connectivity index (χ0) is 22.2. The Bertz CT molecular complexity index is 1540. The highest BCUT2D eigenvalue weighted by atomic mass is 35.5. The van der Waals surface area contributed by atoms with Crippen molar-refractivity contribution in [2.45, 2.75) is 6.54 Å². The molecule has 2 heterocycles. The van der Waals surface area contributed by atoms with Crippen molar-refractivity contribution in [2.24, 2.45) is 0 Å². The maximum Gasteiger partial charge on any atom is 0.280 e. The number of aromatic amines is 1. The number of nitrogens with one attached hydrogen (secondary N) is 2. The lowest BCUT2D eigenvalue weighted by Gasteiger charge is -2.07. The van der Waals surface area contributed by atoms with Gasteiger partial charge in [0.2, 0.25) is 0 Å². The lowest BCUT2D eigenvalue weighted by molar-refractivity contribution is 0.0950. The Morgan fingerprint density at radius 1 is 1.06 bits per heavy atom. The summed E-state index contributed by atoms with van der Waals surface area (Å²) in [4.78, 5) is 30.0. The van der Waals surface area contributed by atoms with E-state index in [2.05, 4.69) is 15.4 Å². The van der Waals surface area contributed by atoms with Gasteiger partial charge in [0.05, 0.1) is 22.1 Å². The number of carbonyl (C=O) groups is 1. The number of carbonyl (C=O) groups excluding carboxylic acids is 1. The Kier molecular flexibility index (Phi) is 4.95. The van der Waals surface area contributed by atoms with Crippen LogP contribution in [0.15, 0.2) is 77.7 Å². The van der Waals surface area contributed by atoms with Crippen LogP contribution in [0.2, 0.25) is 5.02 Å². The summed E-state index contributed by atoms with van der Waals surface area (Å²) in [5, 5.41) is 7.44. The van der Waals surface area contributed by atoms with Crippen LogP contribution in [-0.2, 0) is 6.54 Å². The quantitative estimate of drug-likeness (QED) is 0.424. The van der Waals surface area contributed by atoms with Crippen LogP contribution in [0.3, 0.4) is 0 Å². The number of hydrogen-bond donors (Lipinski definition) is 2. The number of rotatable bonds is 4. The van der Waals surface area contributed by atoms with Crippen molar-refractivity contribution in [1.82, 2.24) is 20.1 Å². The van der Waals surface area contributed by atoms with Gasteiger partial charge in [-0.1, -0.05) is 29.8 Å². The molecule has 0 spiro atoms. The molecule has 0 bridgehead atoms. The average Bonchev–Trinajstić information content (AvgIpc) is 3.15. The van der Waals surface area contributed by atoms with Gasteiger partial charge in [0, 0.05) is 34.3 Å². The number of amides is 1. The molecule has 6 nitrogen and oxygen atoms in total. The number of fused-ring (bicyclic) bond motifs is 3. The Balaban J connectivity index is 1.53. The number of aromatic nitrogens is 3. The molecule has 32 heavy (non-hydrogen) atoms. The number of H-pyrrole nitrogens is 1. The average molecular weight is 447 g/mol. The molecule has 2 N–H and O–H groups in total. The van der Waals surface area contributed by atoms with Crippen molar-refractivity contribution in [1.29, 1.82) is 0 Å². The van der Waals surface area contributed by atoms with Crippen LogP contribution in [-0.4, -0.2) is 20.7 Å². The molecule has 0 fully saturated rings. The Labute approximate surface area is 186 Å². The second kappa shape index (κ2) is 7.94. The van der Waals surface area contributed by atoms with Crippen molar-refractivity contribution < 1.29 is 9.18 Å². The molecule has 5 rings (SSSR count). The van der Waals surface area contributed by atoms with E-state index in [9.17, 15) is 14.0 Å². The van der Waals surface area contributed by atoms with E-state index in [1.807, 2.05) is 0 Å². The molecule has 0 atom stereocenters. The third-order valence-electron chi connectivity index (χ3n) is 5.27. The lowest BCUT2D eigenvalue weighted by atomic mass is 10.1. The van der Waals surface area contributed by atoms with Crippen LogP contribution >= 0.6 is 11.6 Å². The summed E-state index contributed by atoms with van der Waals surface area (Å²) in [5.41, 5.74) is 2.35. The smallest absolute Gasteiger partial charge is 0.280 e. The lowest BCUT2D eigenvalue weighted by Crippen LogP contribution is -2.23. The van der Waals surface area contributed by atoms with E-state index in [0.717, 1.165) is 0 Å². The molecule has 0 aliphatic carbocycles. The maximum atomic E-state index is 13.8. The van der Waals surface area contributed by atoms with Gasteiger partial charge in [-0.05, 0) is 48.5 Å². The summed E-state index contributed by atoms with van der Waals surface area (Å²) >= 11 is 5.95. The van der Waals surface area contributed by atoms with Crippen LogP contribution in [0.1, 0.15) is 15.9 Å². The van der Waals surface area contributed by atoms with Gasteiger partial charge >= 0.3 is 0 Å². The van der Waals surface area contributed by atoms with Crippen LogP contribution in [0.5, 0.6) is 0 Å². The minimum Gasteiger partial charge on any atom is -0.348 e. The second-order valence-electron chi connectivity index (χ2n) is 7.28. The van der Waals surface area contributed by atoms with E-state index in [-0.39, 0.29) is 23.8 Å². The van der Waals surface area contributed by atoms with Gasteiger partial charge in [0.25, 0.3) is 11.5 Å². The highest BCUT2D eigenvalue weighted by Gasteiger charge is 2.14. The number of benzene rings is 3. The molecule has 3 aromatic carbocycles. The van der Waals surface area contributed by atoms with Crippen molar-refractivity contribution in [3.63, 3.8) is 0 Å². The third-order valence-corrected chi connectivity index (χ3v) is 5.52. The molecule has 0 saturated carbocycles. The predicted octanol–water partition coefficient (Wildman–Crippen LogP) is 4.59. The molecular formula is C24H16ClFN4O2. The largest absolute Gasteiger partial charge is 0.348 e. The van der Waals surface area contributed by atoms with Gasteiger partial charge < -0.3 is 5.32 Å². The number of hydrogen-bond acceptors (Lipinski definition) is 3. The van der Waals surface area contributed by atoms with E-state index in [1.165, 1.54) is 16.9 Å². The maximum absolute atomic E-state index is 13.8. The number of halogens is 2. The van der Waals surface area contributed by atoms with Crippen molar-refractivity contribution >= 4 is 39.3 Å². The molecule has 0 aliphatic heterocycles. The van der Waals surface area contributed by atoms with Crippen molar-refractivity contribution in [2.75, 3.05) is 0 Å². The summed E-state index contributed by atoms with van der Waals surface area (Å²) in [7, 11) is 0. The summed E-state index contributed by atoms with van der Waals surface area (Å²) in [6.45, 7) is 0.0652. The first kappa shape index (κ1) is 20.0. The van der Waals surface area contributed by atoms with E-state index >= 15 is 0 Å². The van der Waals surface area contributed by atoms with Crippen LogP contribution < -0.4 is 10.9 Å². The topological polar surface area (TPSA) is 79.8 Å². The summed E-state index contributed by atoms with van der Waals surface area (Å²) in [6, 6.07) is 18.2. The predicted molar refractivity (Wildman–Crippen MR) is 122 cm³/mol. The molecule has 0 radical (unpaired) electrons. The normalized spacial score (nSPS) is 11.2. The molecule has 8 heteroatoms. The summed E-state index contributed by atoms with van der Waals surface area (Å²) in [5.74, 6) is -0.732. The molecule has 158 valence electrons.